The van der Waals surface area contributed by atoms with Gasteiger partial charge in [-0.05, 0) is 64.2 Å². The predicted octanol–water partition coefficient (Wildman–Crippen LogP) is 8.17. The Bertz CT molecular complexity index is 1420. The van der Waals surface area contributed by atoms with Gasteiger partial charge in [0.25, 0.3) is 7.82 Å². The maximum Gasteiger partial charge on any atom is 0.306 e. The molecule has 0 saturated heterocycles. The van der Waals surface area contributed by atoms with E-state index in [2.05, 4.69) is 50.3 Å². The second-order valence-corrected chi connectivity index (χ2v) is 18.8. The first-order valence-corrected chi connectivity index (χ1v) is 24.6. The highest BCUT2D eigenvalue weighted by Gasteiger charge is 2.41. The number of quaternary nitrogens is 1. The molecule has 1 rings (SSSR count). The van der Waals surface area contributed by atoms with E-state index in [0.29, 0.717) is 43.1 Å². The van der Waals surface area contributed by atoms with Crippen LogP contribution in [-0.2, 0) is 37.5 Å². The normalized spacial score (nSPS) is 20.5. The second kappa shape index (κ2) is 34.6. The summed E-state index contributed by atoms with van der Waals surface area (Å²) in [5, 5.41) is 31.3. The first kappa shape index (κ1) is 57.3. The number of aliphatic hydroxyl groups excluding tert-OH is 3. The van der Waals surface area contributed by atoms with Crippen LogP contribution in [0.15, 0.2) is 60.8 Å². The van der Waals surface area contributed by atoms with Crippen LogP contribution in [0, 0.1) is 11.8 Å². The van der Waals surface area contributed by atoms with E-state index in [1.54, 1.807) is 12.2 Å². The number of Topliss-reactive ketones (excluding diaryl/α,β-unsaturated/α-hetero) is 1. The number of hydrogen-bond acceptors (Lipinski definition) is 12. The van der Waals surface area contributed by atoms with Gasteiger partial charge in [0, 0.05) is 43.9 Å². The van der Waals surface area contributed by atoms with Gasteiger partial charge in [0.2, 0.25) is 0 Å². The fraction of sp³-hybridized carbons (Fsp3) is 0.729. The van der Waals surface area contributed by atoms with Gasteiger partial charge in [0.15, 0.2) is 6.10 Å². The van der Waals surface area contributed by atoms with Crippen molar-refractivity contribution in [2.24, 2.45) is 11.8 Å². The standard InChI is InChI=1S/C48H82NO12P/c1-6-8-10-11-12-13-14-15-16-17-18-19-20-21-22-23-25-31-48(55)61-42(39-60-62(56,57)59-35-34-49(3,4)5)38-58-47(54)30-27-26-29-41(51)36-44-43(45(52)37-46(44)53)33-32-40(50)28-24-9-7-2/h12-13,15-16,18-19,21-22,32-33,40,42-46,50,52-53H,6-11,14,17,20,23-31,34-39H2,1-5H3/b13-12-,16-15-,19-18-,22-21-,33-32+/t40-,42+,43+,44+,45+,46-/m0/s1. The van der Waals surface area contributed by atoms with E-state index >= 15 is 0 Å². The van der Waals surface area contributed by atoms with Crippen molar-refractivity contribution in [3.63, 3.8) is 0 Å². The summed E-state index contributed by atoms with van der Waals surface area (Å²) in [6.45, 7) is 3.58. The molecule has 0 aliphatic heterocycles. The first-order valence-electron chi connectivity index (χ1n) is 23.2. The highest BCUT2D eigenvalue weighted by Crippen LogP contribution is 2.39. The second-order valence-electron chi connectivity index (χ2n) is 17.4. The number of unbranched alkanes of at least 4 members (excludes halogenated alkanes) is 7. The minimum absolute atomic E-state index is 0.0237. The number of esters is 2. The molecular weight excluding hydrogens is 813 g/mol. The fourth-order valence-electron chi connectivity index (χ4n) is 6.76. The molecular formula is C48H82NO12P. The number of rotatable bonds is 37. The average Bonchev–Trinajstić information content (AvgIpc) is 3.47. The lowest BCUT2D eigenvalue weighted by molar-refractivity contribution is -0.870. The Morgan fingerprint density at radius 1 is 0.742 bits per heavy atom. The highest BCUT2D eigenvalue weighted by molar-refractivity contribution is 7.45. The molecule has 0 aromatic rings. The van der Waals surface area contributed by atoms with E-state index in [4.69, 9.17) is 18.5 Å². The molecule has 1 aliphatic carbocycles. The number of phosphoric ester groups is 1. The monoisotopic (exact) mass is 896 g/mol. The third kappa shape index (κ3) is 31.2. The molecule has 1 saturated carbocycles. The van der Waals surface area contributed by atoms with Gasteiger partial charge in [-0.15, -0.1) is 0 Å². The number of likely N-dealkylation sites (N-methyl/N-ethyl adjacent to an activating group) is 1. The van der Waals surface area contributed by atoms with E-state index in [1.165, 1.54) is 19.3 Å². The quantitative estimate of drug-likeness (QED) is 0.0179. The van der Waals surface area contributed by atoms with E-state index in [0.717, 1.165) is 44.9 Å². The predicted molar refractivity (Wildman–Crippen MR) is 243 cm³/mol. The summed E-state index contributed by atoms with van der Waals surface area (Å²) in [5.41, 5.74) is 0. The molecule has 0 amide bonds. The number of hydrogen-bond donors (Lipinski definition) is 3. The lowest BCUT2D eigenvalue weighted by Gasteiger charge is -2.28. The van der Waals surface area contributed by atoms with Crippen LogP contribution in [-0.4, -0.2) is 109 Å². The molecule has 1 aliphatic rings. The summed E-state index contributed by atoms with van der Waals surface area (Å²) in [7, 11) is 0.919. The SMILES string of the molecule is CCCCC/C=C\C/C=C\C/C=C\C/C=C\CCCC(=O)O[C@H](COC(=O)CCCCC(=O)C[C@@H]1[C@@H](/C=C/[C@@H](O)CCCCC)[C@H](O)C[C@@H]1O)COP(=O)([O-])OCC[N+](C)(C)C. The number of ketones is 1. The number of nitrogens with zero attached hydrogens (tertiary/aromatic N) is 1. The molecule has 1 unspecified atom stereocenters. The van der Waals surface area contributed by atoms with Crippen LogP contribution >= 0.6 is 7.82 Å². The molecule has 7 atom stereocenters. The van der Waals surface area contributed by atoms with E-state index < -0.39 is 69.2 Å². The third-order valence-electron chi connectivity index (χ3n) is 10.5. The average molecular weight is 896 g/mol. The van der Waals surface area contributed by atoms with Crippen molar-refractivity contribution in [2.75, 3.05) is 47.5 Å². The lowest BCUT2D eigenvalue weighted by atomic mass is 9.87. The zero-order valence-electron chi connectivity index (χ0n) is 38.6. The number of allylic oxidation sites excluding steroid dienone is 8. The molecule has 0 aromatic carbocycles. The number of carbonyl (C=O) groups is 3. The Labute approximate surface area is 373 Å². The van der Waals surface area contributed by atoms with Crippen molar-refractivity contribution in [2.45, 2.75) is 167 Å². The highest BCUT2D eigenvalue weighted by atomic mass is 31.2. The summed E-state index contributed by atoms with van der Waals surface area (Å²) in [6, 6.07) is 0. The number of phosphoric acid groups is 1. The smallest absolute Gasteiger partial charge is 0.306 e. The van der Waals surface area contributed by atoms with Crippen molar-refractivity contribution in [1.29, 1.82) is 0 Å². The fourth-order valence-corrected chi connectivity index (χ4v) is 7.49. The molecule has 62 heavy (non-hydrogen) atoms. The molecule has 13 nitrogen and oxygen atoms in total. The van der Waals surface area contributed by atoms with Gasteiger partial charge in [-0.2, -0.15) is 0 Å². The molecule has 0 aromatic heterocycles. The summed E-state index contributed by atoms with van der Waals surface area (Å²) in [6.07, 6.45) is 30.3. The maximum atomic E-state index is 12.9. The Morgan fingerprint density at radius 2 is 1.32 bits per heavy atom. The third-order valence-corrected chi connectivity index (χ3v) is 11.5. The van der Waals surface area contributed by atoms with Gasteiger partial charge in [-0.25, -0.2) is 0 Å². The van der Waals surface area contributed by atoms with Crippen molar-refractivity contribution >= 4 is 25.5 Å². The van der Waals surface area contributed by atoms with Gasteiger partial charge in [-0.1, -0.05) is 107 Å². The van der Waals surface area contributed by atoms with E-state index in [9.17, 15) is 39.2 Å². The first-order chi connectivity index (χ1) is 29.6. The van der Waals surface area contributed by atoms with Gasteiger partial charge < -0.3 is 43.2 Å². The van der Waals surface area contributed by atoms with Gasteiger partial charge in [-0.3, -0.25) is 18.9 Å². The maximum absolute atomic E-state index is 12.9. The topological polar surface area (TPSA) is 189 Å². The van der Waals surface area contributed by atoms with Crippen LogP contribution in [0.25, 0.3) is 0 Å². The van der Waals surface area contributed by atoms with Crippen LogP contribution in [0.2, 0.25) is 0 Å². The molecule has 0 spiro atoms. The summed E-state index contributed by atoms with van der Waals surface area (Å²) >= 11 is 0. The lowest BCUT2D eigenvalue weighted by Crippen LogP contribution is -2.37. The number of ether oxygens (including phenoxy) is 2. The van der Waals surface area contributed by atoms with Crippen LogP contribution < -0.4 is 4.89 Å². The zero-order chi connectivity index (χ0) is 46.1. The van der Waals surface area contributed by atoms with Crippen LogP contribution in [0.3, 0.4) is 0 Å². The Balaban J connectivity index is 2.55. The minimum atomic E-state index is -4.74. The zero-order valence-corrected chi connectivity index (χ0v) is 39.5. The van der Waals surface area contributed by atoms with Crippen LogP contribution in [0.1, 0.15) is 142 Å². The minimum Gasteiger partial charge on any atom is -0.756 e. The number of carbonyl (C=O) groups excluding carboxylic acids is 3. The molecule has 0 heterocycles. The van der Waals surface area contributed by atoms with Crippen molar-refractivity contribution in [1.82, 2.24) is 0 Å². The van der Waals surface area contributed by atoms with Gasteiger partial charge in [0.05, 0.1) is 46.1 Å². The van der Waals surface area contributed by atoms with Crippen molar-refractivity contribution < 1.29 is 62.2 Å². The Hall–Kier alpha value is -2.74. The molecule has 3 N–H and O–H groups in total. The molecule has 1 fully saturated rings. The van der Waals surface area contributed by atoms with Gasteiger partial charge in [0.1, 0.15) is 25.5 Å². The van der Waals surface area contributed by atoms with E-state index in [-0.39, 0.29) is 44.5 Å². The Morgan fingerprint density at radius 3 is 1.95 bits per heavy atom. The van der Waals surface area contributed by atoms with Crippen LogP contribution in [0.4, 0.5) is 0 Å². The van der Waals surface area contributed by atoms with Crippen LogP contribution in [0.5, 0.6) is 0 Å². The number of aliphatic hydroxyl groups is 3. The molecule has 14 heteroatoms. The van der Waals surface area contributed by atoms with Crippen molar-refractivity contribution in [3.05, 3.63) is 60.8 Å². The summed E-state index contributed by atoms with van der Waals surface area (Å²) in [4.78, 5) is 50.6. The molecule has 0 bridgehead atoms. The summed E-state index contributed by atoms with van der Waals surface area (Å²) in [5.74, 6) is -2.20. The molecule has 0 radical (unpaired) electrons. The molecule has 356 valence electrons. The largest absolute Gasteiger partial charge is 0.756 e. The van der Waals surface area contributed by atoms with Crippen molar-refractivity contribution in [3.8, 4) is 0 Å². The van der Waals surface area contributed by atoms with Gasteiger partial charge >= 0.3 is 11.9 Å². The Kier molecular flexibility index (Phi) is 32.0. The summed E-state index contributed by atoms with van der Waals surface area (Å²) < 4.78 is 33.7. The van der Waals surface area contributed by atoms with E-state index in [1.807, 2.05) is 33.3 Å².